The topological polar surface area (TPSA) is 62.7 Å². The number of rotatable bonds is 8. The SMILES string of the molecule is COCOCc1cc(F)c(Cl)nc1Cl.COCOCc1cc(F)cnc1Cl. The monoisotopic (exact) mass is 444 g/mol. The van der Waals surface area contributed by atoms with Crippen LogP contribution in [0, 0.1) is 11.6 Å². The highest BCUT2D eigenvalue weighted by Crippen LogP contribution is 2.20. The summed E-state index contributed by atoms with van der Waals surface area (Å²) in [7, 11) is 2.99. The molecule has 11 heteroatoms. The summed E-state index contributed by atoms with van der Waals surface area (Å²) < 4.78 is 44.9. The average Bonchev–Trinajstić information content (AvgIpc) is 2.63. The molecule has 0 bridgehead atoms. The summed E-state index contributed by atoms with van der Waals surface area (Å²) in [6.07, 6.45) is 1.06. The maximum atomic E-state index is 12.9. The number of pyridine rings is 2. The van der Waals surface area contributed by atoms with Crippen molar-refractivity contribution in [2.75, 3.05) is 27.8 Å². The Hall–Kier alpha value is -1.13. The molecule has 0 N–H and O–H groups in total. The summed E-state index contributed by atoms with van der Waals surface area (Å²) in [5.74, 6) is -1.05. The predicted molar refractivity (Wildman–Crippen MR) is 96.8 cm³/mol. The first-order valence-electron chi connectivity index (χ1n) is 7.32. The summed E-state index contributed by atoms with van der Waals surface area (Å²) >= 11 is 16.8. The molecular weight excluding hydrogens is 429 g/mol. The van der Waals surface area contributed by atoms with Gasteiger partial charge in [-0.2, -0.15) is 0 Å². The van der Waals surface area contributed by atoms with Crippen LogP contribution >= 0.6 is 34.8 Å². The lowest BCUT2D eigenvalue weighted by molar-refractivity contribution is -0.0392. The molecular formula is C16H17Cl3F2N2O4. The first kappa shape index (κ1) is 23.9. The van der Waals surface area contributed by atoms with E-state index in [0.717, 1.165) is 6.20 Å². The molecule has 0 aliphatic rings. The van der Waals surface area contributed by atoms with Gasteiger partial charge in [0.2, 0.25) is 0 Å². The van der Waals surface area contributed by atoms with Gasteiger partial charge in [0.05, 0.1) is 19.4 Å². The zero-order valence-corrected chi connectivity index (χ0v) is 16.7. The smallest absolute Gasteiger partial charge is 0.166 e. The standard InChI is InChI=1S/C8H8Cl2FNO2.C8H9ClFNO2/c1-13-4-14-3-5-2-6(11)8(10)12-7(5)9;1-12-5-13-4-6-2-7(10)3-11-8(6)9/h2H,3-4H2,1H3;2-3H,4-5H2,1H3. The van der Waals surface area contributed by atoms with Crippen molar-refractivity contribution in [3.8, 4) is 0 Å². The Labute approximate surface area is 170 Å². The fraction of sp³-hybridized carbons (Fsp3) is 0.375. The molecule has 0 fully saturated rings. The second-order valence-electron chi connectivity index (χ2n) is 4.82. The molecule has 2 rings (SSSR count). The minimum Gasteiger partial charge on any atom is -0.359 e. The summed E-state index contributed by atoms with van der Waals surface area (Å²) in [4.78, 5) is 7.21. The fourth-order valence-electron chi connectivity index (χ4n) is 1.62. The van der Waals surface area contributed by atoms with Crippen LogP contribution in [-0.4, -0.2) is 37.8 Å². The van der Waals surface area contributed by atoms with Crippen LogP contribution < -0.4 is 0 Å². The van der Waals surface area contributed by atoms with Gasteiger partial charge in [-0.25, -0.2) is 18.7 Å². The molecule has 0 saturated heterocycles. The third-order valence-corrected chi connectivity index (χ3v) is 3.69. The van der Waals surface area contributed by atoms with Gasteiger partial charge in [0.15, 0.2) is 11.0 Å². The molecule has 2 aromatic rings. The third kappa shape index (κ3) is 9.07. The molecule has 0 amide bonds. The lowest BCUT2D eigenvalue weighted by atomic mass is 10.3. The van der Waals surface area contributed by atoms with Gasteiger partial charge in [-0.15, -0.1) is 0 Å². The van der Waals surface area contributed by atoms with Crippen LogP contribution in [0.5, 0.6) is 0 Å². The van der Waals surface area contributed by atoms with Crippen molar-refractivity contribution in [1.29, 1.82) is 0 Å². The van der Waals surface area contributed by atoms with Gasteiger partial charge in [-0.3, -0.25) is 0 Å². The van der Waals surface area contributed by atoms with Crippen LogP contribution in [0.25, 0.3) is 0 Å². The van der Waals surface area contributed by atoms with Crippen LogP contribution in [0.3, 0.4) is 0 Å². The van der Waals surface area contributed by atoms with Crippen LogP contribution in [-0.2, 0) is 32.2 Å². The lowest BCUT2D eigenvalue weighted by Crippen LogP contribution is -1.99. The Kier molecular flexibility index (Phi) is 11.6. The van der Waals surface area contributed by atoms with Crippen molar-refractivity contribution in [2.24, 2.45) is 0 Å². The van der Waals surface area contributed by atoms with Crippen molar-refractivity contribution in [2.45, 2.75) is 13.2 Å². The maximum Gasteiger partial charge on any atom is 0.166 e. The number of halogens is 5. The van der Waals surface area contributed by atoms with E-state index in [1.54, 1.807) is 0 Å². The summed E-state index contributed by atoms with van der Waals surface area (Å²) in [5, 5.41) is 0.135. The van der Waals surface area contributed by atoms with E-state index in [1.165, 1.54) is 26.4 Å². The molecule has 0 saturated carbocycles. The second-order valence-corrected chi connectivity index (χ2v) is 5.90. The molecule has 27 heavy (non-hydrogen) atoms. The van der Waals surface area contributed by atoms with Gasteiger partial charge in [0.25, 0.3) is 0 Å². The van der Waals surface area contributed by atoms with E-state index in [-0.39, 0.29) is 42.3 Å². The normalized spacial score (nSPS) is 10.5. The first-order chi connectivity index (χ1) is 12.9. The fourth-order valence-corrected chi connectivity index (χ4v) is 2.15. The largest absolute Gasteiger partial charge is 0.359 e. The second kappa shape index (κ2) is 13.1. The van der Waals surface area contributed by atoms with Crippen molar-refractivity contribution < 1.29 is 27.7 Å². The van der Waals surface area contributed by atoms with Crippen LogP contribution in [0.2, 0.25) is 15.5 Å². The molecule has 6 nitrogen and oxygen atoms in total. The maximum absolute atomic E-state index is 12.9. The molecule has 150 valence electrons. The Bertz CT molecular complexity index is 726. The Morgan fingerprint density at radius 3 is 1.96 bits per heavy atom. The first-order valence-corrected chi connectivity index (χ1v) is 8.46. The minimum absolute atomic E-state index is 0.112. The molecule has 2 aromatic heterocycles. The summed E-state index contributed by atoms with van der Waals surface area (Å²) in [6, 6.07) is 2.47. The number of hydrogen-bond donors (Lipinski definition) is 0. The predicted octanol–water partition coefficient (Wildman–Crippen LogP) is 4.64. The average molecular weight is 446 g/mol. The Balaban J connectivity index is 0.000000271. The van der Waals surface area contributed by atoms with E-state index in [4.69, 9.17) is 44.3 Å². The van der Waals surface area contributed by atoms with E-state index < -0.39 is 11.6 Å². The Morgan fingerprint density at radius 2 is 1.41 bits per heavy atom. The highest BCUT2D eigenvalue weighted by Gasteiger charge is 2.08. The van der Waals surface area contributed by atoms with Crippen molar-refractivity contribution in [3.05, 3.63) is 56.6 Å². The highest BCUT2D eigenvalue weighted by atomic mass is 35.5. The van der Waals surface area contributed by atoms with Crippen LogP contribution in [0.1, 0.15) is 11.1 Å². The van der Waals surface area contributed by atoms with Gasteiger partial charge in [0, 0.05) is 25.3 Å². The minimum atomic E-state index is -0.618. The highest BCUT2D eigenvalue weighted by molar-refractivity contribution is 6.32. The zero-order valence-electron chi connectivity index (χ0n) is 14.5. The van der Waals surface area contributed by atoms with Crippen LogP contribution in [0.15, 0.2) is 18.3 Å². The number of nitrogens with zero attached hydrogens (tertiary/aromatic N) is 2. The number of aromatic nitrogens is 2. The van der Waals surface area contributed by atoms with Crippen molar-refractivity contribution in [3.63, 3.8) is 0 Å². The summed E-state index contributed by atoms with van der Waals surface area (Å²) in [6.45, 7) is 0.582. The number of ether oxygens (including phenoxy) is 4. The molecule has 0 aliphatic heterocycles. The lowest BCUT2D eigenvalue weighted by Gasteiger charge is -2.05. The molecule has 0 aliphatic carbocycles. The molecule has 0 spiro atoms. The van der Waals surface area contributed by atoms with Crippen molar-refractivity contribution in [1.82, 2.24) is 9.97 Å². The van der Waals surface area contributed by atoms with E-state index in [0.29, 0.717) is 11.1 Å². The summed E-state index contributed by atoms with van der Waals surface area (Å²) in [5.41, 5.74) is 0.948. The van der Waals surface area contributed by atoms with Gasteiger partial charge < -0.3 is 18.9 Å². The third-order valence-electron chi connectivity index (χ3n) is 2.76. The number of hydrogen-bond acceptors (Lipinski definition) is 6. The zero-order chi connectivity index (χ0) is 20.2. The van der Waals surface area contributed by atoms with Gasteiger partial charge >= 0.3 is 0 Å². The molecule has 0 atom stereocenters. The molecule has 0 aromatic carbocycles. The van der Waals surface area contributed by atoms with Gasteiger partial charge in [0.1, 0.15) is 29.7 Å². The number of methoxy groups -OCH3 is 2. The molecule has 0 radical (unpaired) electrons. The van der Waals surface area contributed by atoms with Crippen molar-refractivity contribution >= 4 is 34.8 Å². The Morgan fingerprint density at radius 1 is 0.852 bits per heavy atom. The van der Waals surface area contributed by atoms with E-state index >= 15 is 0 Å². The van der Waals surface area contributed by atoms with E-state index in [2.05, 4.69) is 19.4 Å². The van der Waals surface area contributed by atoms with Gasteiger partial charge in [-0.1, -0.05) is 34.8 Å². The quantitative estimate of drug-likeness (QED) is 0.335. The van der Waals surface area contributed by atoms with E-state index in [1.807, 2.05) is 0 Å². The molecule has 2 heterocycles. The molecule has 0 unspecified atom stereocenters. The van der Waals surface area contributed by atoms with Gasteiger partial charge in [-0.05, 0) is 12.1 Å². The van der Waals surface area contributed by atoms with Crippen LogP contribution in [0.4, 0.5) is 8.78 Å². The van der Waals surface area contributed by atoms with E-state index in [9.17, 15) is 8.78 Å².